The van der Waals surface area contributed by atoms with Gasteiger partial charge in [-0.25, -0.2) is 0 Å². The van der Waals surface area contributed by atoms with E-state index in [9.17, 15) is 0 Å². The third-order valence-electron chi connectivity index (χ3n) is 10.5. The van der Waals surface area contributed by atoms with Gasteiger partial charge in [-0.05, 0) is 82.9 Å². The molecule has 0 saturated heterocycles. The molecule has 0 radical (unpaired) electrons. The van der Waals surface area contributed by atoms with Crippen LogP contribution < -0.4 is 0 Å². The topological polar surface area (TPSA) is 0 Å². The summed E-state index contributed by atoms with van der Waals surface area (Å²) < 4.78 is 0. The fraction of sp³-hybridized carbons (Fsp3) is 0. The molecule has 2 heteroatoms. The fourth-order valence-corrected chi connectivity index (χ4v) is 11.1. The van der Waals surface area contributed by atoms with Crippen molar-refractivity contribution in [2.45, 2.75) is 0 Å². The van der Waals surface area contributed by atoms with Gasteiger partial charge in [-0.15, -0.1) is 22.7 Å². The van der Waals surface area contributed by atoms with Crippen LogP contribution >= 0.6 is 22.7 Å². The largest absolute Gasteiger partial charge is 0.135 e. The Morgan fingerprint density at radius 1 is 0.304 bits per heavy atom. The van der Waals surface area contributed by atoms with Crippen LogP contribution in [0, 0.1) is 0 Å². The highest BCUT2D eigenvalue weighted by molar-refractivity contribution is 7.20. The van der Waals surface area contributed by atoms with Crippen molar-refractivity contribution in [3.05, 3.63) is 133 Å². The maximum atomic E-state index is 2.43. The van der Waals surface area contributed by atoms with E-state index in [0.717, 1.165) is 0 Å². The molecule has 0 saturated carbocycles. The highest BCUT2D eigenvalue weighted by Crippen LogP contribution is 2.61. The van der Waals surface area contributed by atoms with Gasteiger partial charge in [-0.3, -0.25) is 0 Å². The van der Waals surface area contributed by atoms with Crippen LogP contribution in [0.4, 0.5) is 0 Å². The SMILES string of the molecule is c1ccc(-c2cc3c(s2)-c2ccc4c5ccc6c7c(c8ccccc8c(c8ccc-3c2c48)c75)-c2sc(-c3ccccc3)cc2-6)cc1. The van der Waals surface area contributed by atoms with Crippen molar-refractivity contribution in [1.29, 1.82) is 0 Å². The van der Waals surface area contributed by atoms with Gasteiger partial charge >= 0.3 is 0 Å². The molecule has 0 atom stereocenters. The van der Waals surface area contributed by atoms with Crippen LogP contribution in [0.15, 0.2) is 133 Å². The molecule has 8 aromatic carbocycles. The Morgan fingerprint density at radius 2 is 0.804 bits per heavy atom. The molecule has 0 aliphatic heterocycles. The summed E-state index contributed by atoms with van der Waals surface area (Å²) in [5.41, 5.74) is 10.9. The Morgan fingerprint density at radius 3 is 1.52 bits per heavy atom. The molecule has 2 heterocycles. The van der Waals surface area contributed by atoms with E-state index in [1.807, 2.05) is 22.7 Å². The van der Waals surface area contributed by atoms with Crippen LogP contribution in [-0.2, 0) is 0 Å². The van der Waals surface area contributed by atoms with Gasteiger partial charge in [0.1, 0.15) is 0 Å². The lowest BCUT2D eigenvalue weighted by molar-refractivity contribution is 1.70. The first kappa shape index (κ1) is 24.0. The molecule has 10 aromatic rings. The van der Waals surface area contributed by atoms with Crippen LogP contribution in [0.3, 0.4) is 0 Å². The van der Waals surface area contributed by atoms with E-state index in [4.69, 9.17) is 0 Å². The minimum Gasteiger partial charge on any atom is -0.135 e. The monoisotopic (exact) mass is 614 g/mol. The molecule has 0 nitrogen and oxygen atoms in total. The van der Waals surface area contributed by atoms with Gasteiger partial charge in [0, 0.05) is 47.1 Å². The van der Waals surface area contributed by atoms with Gasteiger partial charge < -0.3 is 0 Å². The minimum atomic E-state index is 1.29. The van der Waals surface area contributed by atoms with E-state index in [0.29, 0.717) is 0 Å². The molecule has 46 heavy (non-hydrogen) atoms. The van der Waals surface area contributed by atoms with Crippen molar-refractivity contribution in [3.63, 3.8) is 0 Å². The molecule has 0 spiro atoms. The lowest BCUT2D eigenvalue weighted by Gasteiger charge is -2.19. The second-order valence-electron chi connectivity index (χ2n) is 12.7. The zero-order valence-corrected chi connectivity index (χ0v) is 26.2. The molecule has 0 amide bonds. The van der Waals surface area contributed by atoms with Crippen molar-refractivity contribution in [3.8, 4) is 64.0 Å². The Balaban J connectivity index is 1.20. The highest BCUT2D eigenvalue weighted by Gasteiger charge is 2.32. The summed E-state index contributed by atoms with van der Waals surface area (Å²) >= 11 is 3.88. The Hall–Kier alpha value is -5.28. The van der Waals surface area contributed by atoms with E-state index in [1.54, 1.807) is 0 Å². The van der Waals surface area contributed by atoms with Gasteiger partial charge in [0.2, 0.25) is 0 Å². The molecule has 0 N–H and O–H groups in total. The quantitative estimate of drug-likeness (QED) is 0.134. The standard InChI is InChI=1S/C44H22S2/c1-3-9-23(10-4-1)35-21-33-29-17-19-31-37-27(18-20-32(39(29)37)43(33)45-35)28-15-16-30-34-22-36(24-11-5-2-6-12-24)46-44(34)42-26-14-8-7-13-25(26)38(31)40(28)41(30)42/h1-22H. The van der Waals surface area contributed by atoms with Crippen LogP contribution in [0.1, 0.15) is 0 Å². The molecule has 2 aliphatic rings. The van der Waals surface area contributed by atoms with Gasteiger partial charge in [0.15, 0.2) is 0 Å². The number of rotatable bonds is 2. The second-order valence-corrected chi connectivity index (χ2v) is 14.8. The normalized spacial score (nSPS) is 12.8. The number of fused-ring (bicyclic) bond motifs is 11. The van der Waals surface area contributed by atoms with E-state index in [1.165, 1.54) is 118 Å². The molecule has 0 unspecified atom stereocenters. The van der Waals surface area contributed by atoms with E-state index in [-0.39, 0.29) is 0 Å². The third kappa shape index (κ3) is 2.78. The number of hydrogen-bond donors (Lipinski definition) is 0. The first-order valence-corrected chi connectivity index (χ1v) is 17.5. The molecule has 2 aliphatic carbocycles. The van der Waals surface area contributed by atoms with Gasteiger partial charge in [-0.1, -0.05) is 121 Å². The lowest BCUT2D eigenvalue weighted by Crippen LogP contribution is -1.91. The van der Waals surface area contributed by atoms with Gasteiger partial charge in [0.05, 0.1) is 0 Å². The highest BCUT2D eigenvalue weighted by atomic mass is 32.1. The van der Waals surface area contributed by atoms with Crippen LogP contribution in [0.25, 0.3) is 118 Å². The zero-order chi connectivity index (χ0) is 29.7. The maximum Gasteiger partial charge on any atom is 0.0440 e. The third-order valence-corrected chi connectivity index (χ3v) is 12.9. The Bertz CT molecular complexity index is 2910. The zero-order valence-electron chi connectivity index (χ0n) is 24.5. The van der Waals surface area contributed by atoms with Crippen molar-refractivity contribution in [1.82, 2.24) is 0 Å². The van der Waals surface area contributed by atoms with E-state index >= 15 is 0 Å². The van der Waals surface area contributed by atoms with E-state index < -0.39 is 0 Å². The molecule has 12 rings (SSSR count). The average molecular weight is 615 g/mol. The summed E-state index contributed by atoms with van der Waals surface area (Å²) in [5, 5.41) is 13.9. The van der Waals surface area contributed by atoms with Crippen molar-refractivity contribution in [2.75, 3.05) is 0 Å². The average Bonchev–Trinajstić information content (AvgIpc) is 3.88. The summed E-state index contributed by atoms with van der Waals surface area (Å²) in [4.78, 5) is 5.49. The first-order chi connectivity index (χ1) is 22.8. The molecule has 2 aromatic heterocycles. The lowest BCUT2D eigenvalue weighted by atomic mass is 9.84. The molecular weight excluding hydrogens is 593 g/mol. The second kappa shape index (κ2) is 8.30. The summed E-state index contributed by atoms with van der Waals surface area (Å²) in [5.74, 6) is 0. The van der Waals surface area contributed by atoms with Crippen molar-refractivity contribution in [2.24, 2.45) is 0 Å². The Kier molecular flexibility index (Phi) is 4.33. The first-order valence-electron chi connectivity index (χ1n) is 15.9. The van der Waals surface area contributed by atoms with Gasteiger partial charge in [-0.2, -0.15) is 0 Å². The Labute approximate surface area is 272 Å². The molecular formula is C44H22S2. The maximum absolute atomic E-state index is 2.43. The minimum absolute atomic E-state index is 1.29. The smallest absolute Gasteiger partial charge is 0.0440 e. The number of thiophene rings is 2. The predicted octanol–water partition coefficient (Wildman–Crippen LogP) is 13.6. The van der Waals surface area contributed by atoms with Crippen molar-refractivity contribution >= 4 is 76.5 Å². The fourth-order valence-electron chi connectivity index (χ4n) is 8.67. The number of hydrogen-bond acceptors (Lipinski definition) is 2. The van der Waals surface area contributed by atoms with E-state index in [2.05, 4.69) is 133 Å². The summed E-state index contributed by atoms with van der Waals surface area (Å²) in [6.45, 7) is 0. The van der Waals surface area contributed by atoms with Crippen LogP contribution in [0.2, 0.25) is 0 Å². The summed E-state index contributed by atoms with van der Waals surface area (Å²) in [6.07, 6.45) is 0. The van der Waals surface area contributed by atoms with Crippen LogP contribution in [-0.4, -0.2) is 0 Å². The summed E-state index contributed by atoms with van der Waals surface area (Å²) in [7, 11) is 0. The van der Waals surface area contributed by atoms with Gasteiger partial charge in [0.25, 0.3) is 0 Å². The number of benzene rings is 8. The van der Waals surface area contributed by atoms with Crippen molar-refractivity contribution < 1.29 is 0 Å². The molecule has 0 fully saturated rings. The molecule has 210 valence electrons. The molecule has 0 bridgehead atoms. The van der Waals surface area contributed by atoms with Crippen LogP contribution in [0.5, 0.6) is 0 Å². The summed E-state index contributed by atoms with van der Waals surface area (Å²) in [6, 6.07) is 50.1. The predicted molar refractivity (Wildman–Crippen MR) is 201 cm³/mol.